The van der Waals surface area contributed by atoms with E-state index in [-0.39, 0.29) is 16.9 Å². The maximum absolute atomic E-state index is 11.5. The van der Waals surface area contributed by atoms with Crippen molar-refractivity contribution in [2.75, 3.05) is 7.11 Å². The van der Waals surface area contributed by atoms with E-state index in [1.807, 2.05) is 0 Å². The molecule has 0 saturated carbocycles. The van der Waals surface area contributed by atoms with Crippen LogP contribution in [0.3, 0.4) is 0 Å². The van der Waals surface area contributed by atoms with Gasteiger partial charge >= 0.3 is 11.0 Å². The minimum absolute atomic E-state index is 0.0322. The average Bonchev–Trinajstić information content (AvgIpc) is 2.99. The summed E-state index contributed by atoms with van der Waals surface area (Å²) in [6, 6.07) is 2.96. The number of methoxy groups -OCH3 is 1. The highest BCUT2D eigenvalue weighted by Crippen LogP contribution is 2.22. The lowest BCUT2D eigenvalue weighted by Gasteiger charge is -2.01. The fraction of sp³-hybridized carbons (Fsp3) is 0.500. The molecule has 23 heavy (non-hydrogen) atoms. The molecule has 0 aromatic carbocycles. The van der Waals surface area contributed by atoms with E-state index in [0.717, 1.165) is 30.6 Å². The van der Waals surface area contributed by atoms with E-state index in [1.54, 1.807) is 6.07 Å². The third-order valence-corrected chi connectivity index (χ3v) is 3.91. The molecule has 0 aliphatic heterocycles. The van der Waals surface area contributed by atoms with Crippen LogP contribution >= 0.6 is 11.3 Å². The van der Waals surface area contributed by atoms with Crippen molar-refractivity contribution < 1.29 is 19.2 Å². The Bertz CT molecular complexity index is 571. The first-order valence-corrected chi connectivity index (χ1v) is 7.97. The summed E-state index contributed by atoms with van der Waals surface area (Å²) in [5.41, 5.74) is 2.38. The van der Waals surface area contributed by atoms with Crippen LogP contribution in [-0.4, -0.2) is 30.1 Å². The average molecular weight is 341 g/mol. The van der Waals surface area contributed by atoms with Crippen molar-refractivity contribution in [2.24, 2.45) is 5.10 Å². The molecule has 0 saturated heterocycles. The van der Waals surface area contributed by atoms with Crippen LogP contribution in [-0.2, 0) is 14.3 Å². The minimum Gasteiger partial charge on any atom is -0.469 e. The number of thiophene rings is 1. The topological polar surface area (TPSA) is 111 Å². The zero-order valence-electron chi connectivity index (χ0n) is 12.8. The minimum atomic E-state index is -0.471. The van der Waals surface area contributed by atoms with Gasteiger partial charge in [-0.25, -0.2) is 5.43 Å². The predicted molar refractivity (Wildman–Crippen MR) is 86.4 cm³/mol. The van der Waals surface area contributed by atoms with E-state index in [2.05, 4.69) is 15.3 Å². The number of nitro groups is 1. The van der Waals surface area contributed by atoms with Crippen molar-refractivity contribution in [3.63, 3.8) is 0 Å². The van der Waals surface area contributed by atoms with Gasteiger partial charge in [-0.2, -0.15) is 5.10 Å². The predicted octanol–water partition coefficient (Wildman–Crippen LogP) is 2.62. The molecular formula is C14H19N3O5S. The first-order valence-electron chi connectivity index (χ1n) is 7.16. The number of hydrogen-bond donors (Lipinski definition) is 1. The van der Waals surface area contributed by atoms with Crippen molar-refractivity contribution in [1.29, 1.82) is 0 Å². The van der Waals surface area contributed by atoms with Crippen molar-refractivity contribution >= 4 is 34.4 Å². The molecule has 1 amide bonds. The number of amides is 1. The third-order valence-electron chi connectivity index (χ3n) is 2.94. The van der Waals surface area contributed by atoms with E-state index in [1.165, 1.54) is 19.4 Å². The van der Waals surface area contributed by atoms with E-state index < -0.39 is 4.92 Å². The van der Waals surface area contributed by atoms with Gasteiger partial charge in [-0.15, -0.1) is 0 Å². The fourth-order valence-corrected chi connectivity index (χ4v) is 2.44. The van der Waals surface area contributed by atoms with Gasteiger partial charge < -0.3 is 4.74 Å². The van der Waals surface area contributed by atoms with Crippen LogP contribution in [0, 0.1) is 10.1 Å². The van der Waals surface area contributed by atoms with E-state index in [0.29, 0.717) is 24.1 Å². The standard InChI is InChI=1S/C14H19N3O5S/c1-22-14(19)7-5-3-2-4-6-12(18)16-15-10-11-8-9-13(23-11)17(20)21/h8-10H,2-7H2,1H3,(H,16,18)/b15-10+. The summed E-state index contributed by atoms with van der Waals surface area (Å²) in [7, 11) is 1.36. The summed E-state index contributed by atoms with van der Waals surface area (Å²) in [6.07, 6.45) is 5.32. The second-order valence-corrected chi connectivity index (χ2v) is 5.81. The van der Waals surface area contributed by atoms with Gasteiger partial charge in [0.1, 0.15) is 0 Å². The lowest BCUT2D eigenvalue weighted by Crippen LogP contribution is -2.16. The van der Waals surface area contributed by atoms with Gasteiger partial charge in [0.2, 0.25) is 5.91 Å². The molecule has 1 rings (SSSR count). The summed E-state index contributed by atoms with van der Waals surface area (Å²) in [5.74, 6) is -0.425. The van der Waals surface area contributed by atoms with Crippen LogP contribution in [0.15, 0.2) is 17.2 Å². The van der Waals surface area contributed by atoms with Crippen molar-refractivity contribution in [3.05, 3.63) is 27.1 Å². The van der Waals surface area contributed by atoms with Crippen LogP contribution in [0.4, 0.5) is 5.00 Å². The number of nitrogens with zero attached hydrogens (tertiary/aromatic N) is 2. The van der Waals surface area contributed by atoms with Gasteiger partial charge in [0.15, 0.2) is 0 Å². The van der Waals surface area contributed by atoms with Crippen molar-refractivity contribution in [3.8, 4) is 0 Å². The maximum atomic E-state index is 11.5. The third kappa shape index (κ3) is 8.05. The number of hydrogen-bond acceptors (Lipinski definition) is 7. The Balaban J connectivity index is 2.13. The molecule has 0 spiro atoms. The highest BCUT2D eigenvalue weighted by atomic mass is 32.1. The monoisotopic (exact) mass is 341 g/mol. The lowest BCUT2D eigenvalue weighted by atomic mass is 10.1. The number of nitrogens with one attached hydrogen (secondary N) is 1. The van der Waals surface area contributed by atoms with Gasteiger partial charge in [-0.1, -0.05) is 24.2 Å². The number of hydrazone groups is 1. The number of carbonyl (C=O) groups is 2. The highest BCUT2D eigenvalue weighted by Gasteiger charge is 2.08. The lowest BCUT2D eigenvalue weighted by molar-refractivity contribution is -0.380. The van der Waals surface area contributed by atoms with Crippen LogP contribution in [0.2, 0.25) is 0 Å². The van der Waals surface area contributed by atoms with Gasteiger partial charge in [0.05, 0.1) is 23.1 Å². The second kappa shape index (κ2) is 10.4. The molecule has 0 unspecified atom stereocenters. The van der Waals surface area contributed by atoms with Crippen LogP contribution in [0.5, 0.6) is 0 Å². The van der Waals surface area contributed by atoms with E-state index in [9.17, 15) is 19.7 Å². The first-order chi connectivity index (χ1) is 11.0. The number of ether oxygens (including phenoxy) is 1. The number of esters is 1. The Labute approximate surface area is 137 Å². The molecule has 9 heteroatoms. The van der Waals surface area contributed by atoms with Crippen molar-refractivity contribution in [1.82, 2.24) is 5.43 Å². The molecule has 0 aliphatic carbocycles. The zero-order valence-corrected chi connectivity index (χ0v) is 13.6. The van der Waals surface area contributed by atoms with E-state index in [4.69, 9.17) is 0 Å². The molecule has 1 heterocycles. The number of carbonyl (C=O) groups excluding carboxylic acids is 2. The normalized spacial score (nSPS) is 10.7. The zero-order chi connectivity index (χ0) is 17.1. The summed E-state index contributed by atoms with van der Waals surface area (Å²) in [4.78, 5) is 33.1. The molecule has 0 fully saturated rings. The quantitative estimate of drug-likeness (QED) is 0.231. The molecular weight excluding hydrogens is 322 g/mol. The maximum Gasteiger partial charge on any atom is 0.324 e. The van der Waals surface area contributed by atoms with E-state index >= 15 is 0 Å². The first kappa shape index (κ1) is 18.8. The molecule has 1 aromatic rings. The molecule has 0 radical (unpaired) electrons. The second-order valence-electron chi connectivity index (χ2n) is 4.72. The van der Waals surface area contributed by atoms with Crippen LogP contribution in [0.25, 0.3) is 0 Å². The molecule has 0 bridgehead atoms. The number of rotatable bonds is 10. The fourth-order valence-electron chi connectivity index (χ4n) is 1.74. The van der Waals surface area contributed by atoms with Crippen LogP contribution < -0.4 is 5.43 Å². The summed E-state index contributed by atoms with van der Waals surface area (Å²) in [6.45, 7) is 0. The Morgan fingerprint density at radius 3 is 2.61 bits per heavy atom. The van der Waals surface area contributed by atoms with Crippen molar-refractivity contribution in [2.45, 2.75) is 38.5 Å². The Morgan fingerprint density at radius 2 is 2.00 bits per heavy atom. The summed E-state index contributed by atoms with van der Waals surface area (Å²) < 4.78 is 4.53. The molecule has 126 valence electrons. The molecule has 0 aliphatic rings. The van der Waals surface area contributed by atoms with Gasteiger partial charge in [-0.05, 0) is 18.9 Å². The highest BCUT2D eigenvalue weighted by molar-refractivity contribution is 7.16. The molecule has 1 aromatic heterocycles. The Kier molecular flexibility index (Phi) is 8.51. The Hall–Kier alpha value is -2.29. The summed E-state index contributed by atoms with van der Waals surface area (Å²) in [5, 5.41) is 14.3. The Morgan fingerprint density at radius 1 is 1.30 bits per heavy atom. The number of unbranched alkanes of at least 4 members (excludes halogenated alkanes) is 3. The van der Waals surface area contributed by atoms with Gasteiger partial charge in [0.25, 0.3) is 0 Å². The smallest absolute Gasteiger partial charge is 0.324 e. The SMILES string of the molecule is COC(=O)CCCCCCC(=O)N/N=C/c1ccc([N+](=O)[O-])s1. The molecule has 8 nitrogen and oxygen atoms in total. The molecule has 0 atom stereocenters. The van der Waals surface area contributed by atoms with Crippen LogP contribution in [0.1, 0.15) is 43.4 Å². The summed E-state index contributed by atoms with van der Waals surface area (Å²) >= 11 is 0.986. The molecule has 1 N–H and O–H groups in total. The largest absolute Gasteiger partial charge is 0.469 e. The van der Waals surface area contributed by atoms with Gasteiger partial charge in [-0.3, -0.25) is 19.7 Å². The van der Waals surface area contributed by atoms with Gasteiger partial charge in [0, 0.05) is 18.9 Å².